The van der Waals surface area contributed by atoms with Crippen LogP contribution in [0.5, 0.6) is 0 Å². The van der Waals surface area contributed by atoms with Crippen LogP contribution in [0.3, 0.4) is 0 Å². The third-order valence-electron chi connectivity index (χ3n) is 5.32. The van der Waals surface area contributed by atoms with Crippen molar-refractivity contribution in [2.45, 2.75) is 46.8 Å². The molecule has 0 fully saturated rings. The van der Waals surface area contributed by atoms with E-state index < -0.39 is 23.7 Å². The smallest absolute Gasteiger partial charge is 0.352 e. The van der Waals surface area contributed by atoms with Crippen molar-refractivity contribution < 1.29 is 9.50 Å². The van der Waals surface area contributed by atoms with Crippen LogP contribution in [0.1, 0.15) is 43.8 Å². The maximum atomic E-state index is 15.2. The second-order valence-corrected chi connectivity index (χ2v) is 7.75. The van der Waals surface area contributed by atoms with Crippen LogP contribution in [-0.4, -0.2) is 34.2 Å². The number of aliphatic hydroxyl groups excluding tert-OH is 1. The van der Waals surface area contributed by atoms with Gasteiger partial charge in [0.1, 0.15) is 12.1 Å². The highest BCUT2D eigenvalue weighted by Crippen LogP contribution is 2.24. The summed E-state index contributed by atoms with van der Waals surface area (Å²) in [5.74, 6) is -1.27. The van der Waals surface area contributed by atoms with Gasteiger partial charge in [0, 0.05) is 6.54 Å². The van der Waals surface area contributed by atoms with Crippen molar-refractivity contribution >= 4 is 10.9 Å². The lowest BCUT2D eigenvalue weighted by molar-refractivity contribution is 0.264. The number of halogens is 1. The molecule has 0 bridgehead atoms. The van der Waals surface area contributed by atoms with Crippen LogP contribution >= 0.6 is 0 Å². The van der Waals surface area contributed by atoms with E-state index in [1.807, 2.05) is 32.9 Å². The Hall–Kier alpha value is -3.66. The van der Waals surface area contributed by atoms with E-state index in [0.717, 1.165) is 16.3 Å². The van der Waals surface area contributed by atoms with Crippen LogP contribution in [0.4, 0.5) is 4.39 Å². The fourth-order valence-corrected chi connectivity index (χ4v) is 3.66. The Labute approximate surface area is 182 Å². The van der Waals surface area contributed by atoms with Crippen molar-refractivity contribution in [3.05, 3.63) is 74.1 Å². The van der Waals surface area contributed by atoms with Gasteiger partial charge in [-0.1, -0.05) is 32.0 Å². The van der Waals surface area contributed by atoms with Crippen molar-refractivity contribution in [2.24, 2.45) is 0 Å². The fourth-order valence-electron chi connectivity index (χ4n) is 3.66. The molecule has 0 aliphatic rings. The summed E-state index contributed by atoms with van der Waals surface area (Å²) in [6.45, 7) is 7.13. The first kappa shape index (κ1) is 21.6. The van der Waals surface area contributed by atoms with E-state index >= 15 is 4.39 Å². The summed E-state index contributed by atoms with van der Waals surface area (Å²) in [7, 11) is 0. The number of nitrogens with zero attached hydrogens (tertiary/aromatic N) is 6. The zero-order valence-electron chi connectivity index (χ0n) is 18.2. The summed E-state index contributed by atoms with van der Waals surface area (Å²) in [4.78, 5) is 30.3. The first-order valence-electron chi connectivity index (χ1n) is 10.3. The van der Waals surface area contributed by atoms with E-state index in [1.165, 1.54) is 9.25 Å². The van der Waals surface area contributed by atoms with Gasteiger partial charge in [0.15, 0.2) is 17.5 Å². The molecule has 0 aliphatic heterocycles. The average molecular weight is 438 g/mol. The molecule has 32 heavy (non-hydrogen) atoms. The number of hydrogen-bond donors (Lipinski definition) is 1. The van der Waals surface area contributed by atoms with Crippen molar-refractivity contribution in [3.8, 4) is 11.5 Å². The number of hydrogen-bond acceptors (Lipinski definition) is 6. The maximum Gasteiger partial charge on any atom is 0.352 e. The molecule has 0 unspecified atom stereocenters. The van der Waals surface area contributed by atoms with Gasteiger partial charge in [-0.2, -0.15) is 14.5 Å². The van der Waals surface area contributed by atoms with E-state index in [1.54, 1.807) is 19.1 Å². The molecule has 1 N–H and O–H groups in total. The van der Waals surface area contributed by atoms with Gasteiger partial charge < -0.3 is 5.11 Å². The Morgan fingerprint density at radius 1 is 1.12 bits per heavy atom. The van der Waals surface area contributed by atoms with Crippen molar-refractivity contribution in [1.29, 1.82) is 0 Å². The van der Waals surface area contributed by atoms with E-state index in [0.29, 0.717) is 11.4 Å². The van der Waals surface area contributed by atoms with Gasteiger partial charge in [-0.05, 0) is 37.5 Å². The lowest BCUT2D eigenvalue weighted by atomic mass is 10.1. The van der Waals surface area contributed by atoms with Crippen LogP contribution in [0.2, 0.25) is 0 Å². The lowest BCUT2D eigenvalue weighted by Crippen LogP contribution is -2.27. The van der Waals surface area contributed by atoms with Gasteiger partial charge in [-0.3, -0.25) is 9.36 Å². The Bertz CT molecular complexity index is 1450. The monoisotopic (exact) mass is 438 g/mol. The minimum atomic E-state index is -0.876. The van der Waals surface area contributed by atoms with Crippen LogP contribution < -0.4 is 11.2 Å². The van der Waals surface area contributed by atoms with Gasteiger partial charge in [0.25, 0.3) is 5.56 Å². The predicted octanol–water partition coefficient (Wildman–Crippen LogP) is 2.21. The first-order chi connectivity index (χ1) is 15.3. The van der Waals surface area contributed by atoms with Crippen LogP contribution in [0, 0.1) is 12.7 Å². The Kier molecular flexibility index (Phi) is 5.47. The zero-order chi connectivity index (χ0) is 23.2. The van der Waals surface area contributed by atoms with E-state index in [4.69, 9.17) is 0 Å². The predicted molar refractivity (Wildman–Crippen MR) is 117 cm³/mol. The van der Waals surface area contributed by atoms with Gasteiger partial charge in [-0.25, -0.2) is 14.2 Å². The number of benzene rings is 1. The fraction of sp³-hybridized carbons (Fsp3) is 0.318. The minimum absolute atomic E-state index is 0.0542. The number of para-hydroxylation sites is 1. The van der Waals surface area contributed by atoms with E-state index in [-0.39, 0.29) is 35.0 Å². The standard InChI is InChI=1S/C22H23FN6O3/c1-5-27-17(11-30)25-29(22(27)32)20-15(23)10-14-19(24-20)18(12(2)3)26-28(21(14)31)16-9-7-6-8-13(16)4/h6-10,12,30H,5,11H2,1-4H3. The maximum absolute atomic E-state index is 15.2. The molecule has 3 heterocycles. The first-order valence-corrected chi connectivity index (χ1v) is 10.3. The molecule has 4 rings (SSSR count). The molecule has 0 radical (unpaired) electrons. The summed E-state index contributed by atoms with van der Waals surface area (Å²) in [5.41, 5.74) is 0.976. The summed E-state index contributed by atoms with van der Waals surface area (Å²) in [6.07, 6.45) is 0. The number of aliphatic hydroxyl groups is 1. The number of pyridine rings is 1. The van der Waals surface area contributed by atoms with Gasteiger partial charge in [0.05, 0.1) is 16.8 Å². The second-order valence-electron chi connectivity index (χ2n) is 7.75. The molecule has 3 aromatic heterocycles. The lowest BCUT2D eigenvalue weighted by Gasteiger charge is -2.15. The van der Waals surface area contributed by atoms with Gasteiger partial charge >= 0.3 is 5.69 Å². The van der Waals surface area contributed by atoms with Crippen LogP contribution in [0.15, 0.2) is 39.9 Å². The Morgan fingerprint density at radius 2 is 1.84 bits per heavy atom. The molecule has 0 atom stereocenters. The number of rotatable bonds is 5. The highest BCUT2D eigenvalue weighted by Gasteiger charge is 2.22. The molecule has 166 valence electrons. The summed E-state index contributed by atoms with van der Waals surface area (Å²) in [6, 6.07) is 8.35. The summed E-state index contributed by atoms with van der Waals surface area (Å²) >= 11 is 0. The largest absolute Gasteiger partial charge is 0.388 e. The second kappa shape index (κ2) is 8.12. The number of fused-ring (bicyclic) bond motifs is 1. The quantitative estimate of drug-likeness (QED) is 0.512. The van der Waals surface area contributed by atoms with E-state index in [2.05, 4.69) is 15.2 Å². The van der Waals surface area contributed by atoms with Crippen molar-refractivity contribution in [3.63, 3.8) is 0 Å². The zero-order valence-corrected chi connectivity index (χ0v) is 18.2. The number of aromatic nitrogens is 6. The Morgan fingerprint density at radius 3 is 2.44 bits per heavy atom. The topological polar surface area (TPSA) is 108 Å². The number of aryl methyl sites for hydroxylation is 1. The molecule has 0 spiro atoms. The van der Waals surface area contributed by atoms with E-state index in [9.17, 15) is 14.7 Å². The molecule has 0 saturated heterocycles. The molecule has 0 aliphatic carbocycles. The minimum Gasteiger partial charge on any atom is -0.388 e. The molecule has 10 heteroatoms. The van der Waals surface area contributed by atoms with Crippen LogP contribution in [-0.2, 0) is 13.2 Å². The normalized spacial score (nSPS) is 11.6. The molecule has 9 nitrogen and oxygen atoms in total. The third kappa shape index (κ3) is 3.32. The molecular weight excluding hydrogens is 415 g/mol. The molecule has 0 saturated carbocycles. The summed E-state index contributed by atoms with van der Waals surface area (Å²) in [5, 5.41) is 18.1. The molecule has 4 aromatic rings. The molecular formula is C22H23FN6O3. The van der Waals surface area contributed by atoms with Crippen molar-refractivity contribution in [1.82, 2.24) is 29.1 Å². The highest BCUT2D eigenvalue weighted by atomic mass is 19.1. The summed E-state index contributed by atoms with van der Waals surface area (Å²) < 4.78 is 18.4. The van der Waals surface area contributed by atoms with Gasteiger partial charge in [-0.15, -0.1) is 5.10 Å². The molecule has 0 amide bonds. The SMILES string of the molecule is CCn1c(CO)nn(-c2nc3c(C(C)C)nn(-c4ccccc4C)c(=O)c3cc2F)c1=O. The van der Waals surface area contributed by atoms with Crippen LogP contribution in [0.25, 0.3) is 22.4 Å². The Balaban J connectivity index is 2.06. The average Bonchev–Trinajstić information content (AvgIpc) is 3.09. The van der Waals surface area contributed by atoms with Crippen molar-refractivity contribution in [2.75, 3.05) is 0 Å². The highest BCUT2D eigenvalue weighted by molar-refractivity contribution is 5.81. The van der Waals surface area contributed by atoms with Gasteiger partial charge in [0.2, 0.25) is 0 Å². The molecule has 1 aromatic carbocycles. The third-order valence-corrected chi connectivity index (χ3v) is 5.32.